The van der Waals surface area contributed by atoms with E-state index in [1.807, 2.05) is 38.1 Å². The van der Waals surface area contributed by atoms with E-state index in [9.17, 15) is 39.0 Å². The predicted molar refractivity (Wildman–Crippen MR) is 173 cm³/mol. The molecule has 4 N–H and O–H groups in total. The zero-order chi connectivity index (χ0) is 34.0. The molecule has 0 spiro atoms. The van der Waals surface area contributed by atoms with Crippen LogP contribution in [0.1, 0.15) is 54.6 Å². The van der Waals surface area contributed by atoms with Crippen molar-refractivity contribution in [1.29, 1.82) is 0 Å². The summed E-state index contributed by atoms with van der Waals surface area (Å²) in [7, 11) is 3.39. The normalized spacial score (nSPS) is 9.92. The number of aromatic nitrogens is 2. The van der Waals surface area contributed by atoms with Crippen molar-refractivity contribution in [2.75, 3.05) is 13.1 Å². The smallest absolute Gasteiger partial charge is 0.548 e. The second-order valence-electron chi connectivity index (χ2n) is 10.6. The zero-order valence-electron chi connectivity index (χ0n) is 27.1. The van der Waals surface area contributed by atoms with Gasteiger partial charge in [-0.05, 0) is 38.1 Å². The molecule has 0 unspecified atom stereocenters. The molecule has 0 aliphatic rings. The van der Waals surface area contributed by atoms with Crippen molar-refractivity contribution < 1.29 is 44.5 Å². The summed E-state index contributed by atoms with van der Waals surface area (Å²) in [5, 5.41) is 25.1. The van der Waals surface area contributed by atoms with Gasteiger partial charge in [-0.2, -0.15) is 0 Å². The molecule has 0 saturated carbocycles. The predicted octanol–water partition coefficient (Wildman–Crippen LogP) is -1.26. The van der Waals surface area contributed by atoms with E-state index in [1.54, 1.807) is 71.8 Å². The molecule has 48 heavy (non-hydrogen) atoms. The standard InChI is InChI=1S/2C17H18N2O4.Ca.H2O/c2*1-11-3-5-12(6-4-11)17(23)14-8-7-13(19(14)2)9-15(20)18-10-16(21)22;;/h2*3-8H,9-10H2,1-2H3,(H,18,20)(H,21,22);;1H2/q;;+2;/p-2. The van der Waals surface area contributed by atoms with Crippen LogP contribution in [0.4, 0.5) is 0 Å². The Labute approximate surface area is 307 Å². The van der Waals surface area contributed by atoms with Crippen LogP contribution in [0.25, 0.3) is 0 Å². The summed E-state index contributed by atoms with van der Waals surface area (Å²) in [5.41, 5.74) is 5.47. The molecule has 0 saturated heterocycles. The number of nitrogens with zero attached hydrogens (tertiary/aromatic N) is 2. The Bertz CT molecular complexity index is 1630. The number of aryl methyl sites for hydroxylation is 2. The summed E-state index contributed by atoms with van der Waals surface area (Å²) >= 11 is 0. The summed E-state index contributed by atoms with van der Waals surface area (Å²) < 4.78 is 3.28. The van der Waals surface area contributed by atoms with Crippen molar-refractivity contribution >= 4 is 73.1 Å². The maximum atomic E-state index is 12.5. The summed E-state index contributed by atoms with van der Waals surface area (Å²) in [6.45, 7) is 2.83. The van der Waals surface area contributed by atoms with Crippen LogP contribution >= 0.6 is 0 Å². The summed E-state index contributed by atoms with van der Waals surface area (Å²) in [5.74, 6) is -3.84. The van der Waals surface area contributed by atoms with Crippen molar-refractivity contribution in [3.8, 4) is 0 Å². The average molecular weight is 685 g/mol. The molecule has 13 nitrogen and oxygen atoms in total. The van der Waals surface area contributed by atoms with Crippen molar-refractivity contribution in [2.45, 2.75) is 26.7 Å². The number of nitrogens with one attached hydrogen (secondary N) is 2. The van der Waals surface area contributed by atoms with Crippen LogP contribution in [0.15, 0.2) is 72.8 Å². The first-order valence-corrected chi connectivity index (χ1v) is 14.2. The van der Waals surface area contributed by atoms with Crippen LogP contribution in [-0.2, 0) is 46.1 Å². The minimum atomic E-state index is -1.35. The van der Waals surface area contributed by atoms with Crippen LogP contribution in [0.5, 0.6) is 0 Å². The maximum Gasteiger partial charge on any atom is 2.00 e. The zero-order valence-corrected chi connectivity index (χ0v) is 29.3. The summed E-state index contributed by atoms with van der Waals surface area (Å²) in [6, 6.07) is 21.2. The third-order valence-corrected chi connectivity index (χ3v) is 7.09. The van der Waals surface area contributed by atoms with Gasteiger partial charge in [0.1, 0.15) is 0 Å². The molecule has 0 aliphatic heterocycles. The number of carboxylic acids is 2. The molecule has 2 heterocycles. The molecular weight excluding hydrogens is 648 g/mol. The fraction of sp³-hybridized carbons (Fsp3) is 0.235. The van der Waals surface area contributed by atoms with Crippen molar-refractivity contribution in [2.24, 2.45) is 14.1 Å². The van der Waals surface area contributed by atoms with E-state index in [2.05, 4.69) is 10.6 Å². The van der Waals surface area contributed by atoms with Gasteiger partial charge in [0.25, 0.3) is 0 Å². The first-order valence-electron chi connectivity index (χ1n) is 14.2. The first-order chi connectivity index (χ1) is 21.8. The average Bonchev–Trinajstić information content (AvgIpc) is 3.56. The quantitative estimate of drug-likeness (QED) is 0.135. The Balaban J connectivity index is 0.000000461. The number of carboxylic acid groups (broad SMARTS) is 2. The second-order valence-corrected chi connectivity index (χ2v) is 10.6. The molecule has 248 valence electrons. The largest absolute Gasteiger partial charge is 2.00 e. The fourth-order valence-corrected chi connectivity index (χ4v) is 4.42. The van der Waals surface area contributed by atoms with E-state index in [4.69, 9.17) is 0 Å². The fourth-order valence-electron chi connectivity index (χ4n) is 4.42. The number of hydrogen-bond donors (Lipinski definition) is 2. The SMILES string of the molecule is Cc1ccc(C(=O)c2ccc(CC(=O)NCC(=O)[O-])n2C)cc1.Cc1ccc(C(=O)c2ccc(CC(=O)NCC(=O)[O-])n2C)cc1.O.[Ca+2]. The van der Waals surface area contributed by atoms with Crippen LogP contribution in [-0.4, -0.2) is 101 Å². The van der Waals surface area contributed by atoms with Gasteiger partial charge >= 0.3 is 37.7 Å². The van der Waals surface area contributed by atoms with E-state index in [1.165, 1.54) is 0 Å². The van der Waals surface area contributed by atoms with Crippen LogP contribution in [0.3, 0.4) is 0 Å². The Morgan fingerprint density at radius 3 is 1.17 bits per heavy atom. The third-order valence-electron chi connectivity index (χ3n) is 7.09. The number of rotatable bonds is 12. The minimum Gasteiger partial charge on any atom is -0.548 e. The topological polar surface area (TPSA) is 214 Å². The number of aliphatic carboxylic acids is 2. The number of hydrogen-bond acceptors (Lipinski definition) is 8. The number of amides is 2. The minimum absolute atomic E-state index is 0. The molecule has 4 rings (SSSR count). The Morgan fingerprint density at radius 1 is 0.562 bits per heavy atom. The van der Waals surface area contributed by atoms with Gasteiger partial charge in [0.2, 0.25) is 23.4 Å². The van der Waals surface area contributed by atoms with E-state index in [0.29, 0.717) is 33.9 Å². The van der Waals surface area contributed by atoms with Gasteiger partial charge in [-0.3, -0.25) is 19.2 Å². The van der Waals surface area contributed by atoms with E-state index in [0.717, 1.165) is 11.1 Å². The van der Waals surface area contributed by atoms with Gasteiger partial charge in [0, 0.05) is 36.6 Å². The molecule has 0 atom stereocenters. The summed E-state index contributed by atoms with van der Waals surface area (Å²) in [6.07, 6.45) is -0.0179. The maximum absolute atomic E-state index is 12.5. The van der Waals surface area contributed by atoms with Crippen LogP contribution < -0.4 is 20.8 Å². The Morgan fingerprint density at radius 2 is 0.875 bits per heavy atom. The molecule has 2 amide bonds. The molecule has 2 aromatic carbocycles. The van der Waals surface area contributed by atoms with E-state index < -0.39 is 36.8 Å². The molecule has 0 aliphatic carbocycles. The van der Waals surface area contributed by atoms with Gasteiger partial charge < -0.3 is 45.0 Å². The molecule has 0 fully saturated rings. The van der Waals surface area contributed by atoms with Crippen molar-refractivity contribution in [3.05, 3.63) is 118 Å². The molecule has 2 aromatic heterocycles. The number of ketones is 2. The molecular formula is C34H36CaN4O9. The van der Waals surface area contributed by atoms with Gasteiger partial charge in [0.15, 0.2) is 0 Å². The molecule has 14 heteroatoms. The van der Waals surface area contributed by atoms with Crippen molar-refractivity contribution in [3.63, 3.8) is 0 Å². The molecule has 4 aromatic rings. The number of carbonyl (C=O) groups is 6. The number of benzene rings is 2. The van der Waals surface area contributed by atoms with Gasteiger partial charge in [-0.1, -0.05) is 59.7 Å². The van der Waals surface area contributed by atoms with Gasteiger partial charge in [0.05, 0.1) is 49.3 Å². The summed E-state index contributed by atoms with van der Waals surface area (Å²) in [4.78, 5) is 68.9. The molecule has 0 radical (unpaired) electrons. The Hall–Kier alpha value is -4.56. The Kier molecular flexibility index (Phi) is 16.7. The van der Waals surface area contributed by atoms with Gasteiger partial charge in [-0.15, -0.1) is 0 Å². The van der Waals surface area contributed by atoms with E-state index in [-0.39, 0.29) is 67.6 Å². The van der Waals surface area contributed by atoms with Gasteiger partial charge in [-0.25, -0.2) is 0 Å². The van der Waals surface area contributed by atoms with E-state index >= 15 is 0 Å². The third kappa shape index (κ3) is 11.9. The van der Waals surface area contributed by atoms with Crippen LogP contribution in [0, 0.1) is 13.8 Å². The second kappa shape index (κ2) is 19.3. The first kappa shape index (κ1) is 41.5. The number of carbonyl (C=O) groups excluding carboxylic acids is 6. The van der Waals surface area contributed by atoms with Crippen molar-refractivity contribution in [1.82, 2.24) is 19.8 Å². The molecule has 0 bridgehead atoms. The van der Waals surface area contributed by atoms with Crippen LogP contribution in [0.2, 0.25) is 0 Å². The monoisotopic (exact) mass is 684 g/mol.